The van der Waals surface area contributed by atoms with Crippen LogP contribution in [0, 0.1) is 13.8 Å². The second-order valence-corrected chi connectivity index (χ2v) is 7.55. The predicted octanol–water partition coefficient (Wildman–Crippen LogP) is 4.81. The van der Waals surface area contributed by atoms with E-state index >= 15 is 0 Å². The van der Waals surface area contributed by atoms with Gasteiger partial charge in [-0.15, -0.1) is 22.0 Å². The van der Waals surface area contributed by atoms with Gasteiger partial charge >= 0.3 is 0 Å². The number of carbonyl (C=O) groups is 1. The summed E-state index contributed by atoms with van der Waals surface area (Å²) in [7, 11) is 0. The molecular weight excluding hydrogens is 366 g/mol. The van der Waals surface area contributed by atoms with Crippen LogP contribution in [0.2, 0.25) is 0 Å². The normalized spacial score (nSPS) is 10.7. The van der Waals surface area contributed by atoms with Crippen molar-refractivity contribution in [3.8, 4) is 11.5 Å². The number of nitrogens with one attached hydrogen (secondary N) is 1. The third kappa shape index (κ3) is 4.68. The highest BCUT2D eigenvalue weighted by Gasteiger charge is 2.12. The highest BCUT2D eigenvalue weighted by Crippen LogP contribution is 2.25. The van der Waals surface area contributed by atoms with E-state index in [1.54, 1.807) is 11.8 Å². The molecule has 3 aromatic rings. The summed E-state index contributed by atoms with van der Waals surface area (Å²) in [5, 5.41) is 11.3. The summed E-state index contributed by atoms with van der Waals surface area (Å²) in [6.07, 6.45) is 2.00. The Hall–Kier alpha value is -2.25. The van der Waals surface area contributed by atoms with Gasteiger partial charge in [0.1, 0.15) is 0 Å². The van der Waals surface area contributed by atoms with Crippen molar-refractivity contribution >= 4 is 35.1 Å². The molecule has 5 nitrogen and oxygen atoms in total. The van der Waals surface area contributed by atoms with Crippen molar-refractivity contribution in [2.75, 3.05) is 17.3 Å². The zero-order chi connectivity index (χ0) is 18.5. The molecule has 3 rings (SSSR count). The maximum absolute atomic E-state index is 12.1. The fraction of sp³-hybridized carbons (Fsp3) is 0.211. The first-order chi connectivity index (χ1) is 12.5. The summed E-state index contributed by atoms with van der Waals surface area (Å²) in [5.41, 5.74) is 4.04. The minimum absolute atomic E-state index is 0.112. The number of aryl methyl sites for hydroxylation is 2. The average Bonchev–Trinajstić information content (AvgIpc) is 3.11. The standard InChI is InChI=1S/C19H19N3O2S2/c1-12-7-8-14(9-13(12)2)18-21-22-19(24-18)26-11-17(23)20-15-5-4-6-16(10-15)25-3/h4-10H,11H2,1-3H3,(H,20,23). The first kappa shape index (κ1) is 18.5. The molecule has 0 saturated heterocycles. The van der Waals surface area contributed by atoms with E-state index < -0.39 is 0 Å². The lowest BCUT2D eigenvalue weighted by atomic mass is 10.1. The van der Waals surface area contributed by atoms with Crippen molar-refractivity contribution in [3.63, 3.8) is 0 Å². The van der Waals surface area contributed by atoms with Crippen LogP contribution in [0.3, 0.4) is 0 Å². The lowest BCUT2D eigenvalue weighted by Crippen LogP contribution is -2.13. The molecule has 0 bridgehead atoms. The molecule has 134 valence electrons. The average molecular weight is 386 g/mol. The molecule has 0 fully saturated rings. The number of hydrogen-bond acceptors (Lipinski definition) is 6. The Bertz CT molecular complexity index is 925. The maximum atomic E-state index is 12.1. The van der Waals surface area contributed by atoms with Crippen molar-refractivity contribution < 1.29 is 9.21 Å². The minimum Gasteiger partial charge on any atom is -0.411 e. The van der Waals surface area contributed by atoms with Gasteiger partial charge in [-0.05, 0) is 61.6 Å². The van der Waals surface area contributed by atoms with Gasteiger partial charge < -0.3 is 9.73 Å². The van der Waals surface area contributed by atoms with E-state index in [0.717, 1.165) is 16.1 Å². The second-order valence-electron chi connectivity index (χ2n) is 5.74. The lowest BCUT2D eigenvalue weighted by molar-refractivity contribution is -0.113. The van der Waals surface area contributed by atoms with Crippen LogP contribution in [0.25, 0.3) is 11.5 Å². The third-order valence-electron chi connectivity index (χ3n) is 3.84. The Balaban J connectivity index is 1.59. The van der Waals surface area contributed by atoms with Crippen LogP contribution in [0.5, 0.6) is 0 Å². The highest BCUT2D eigenvalue weighted by atomic mass is 32.2. The number of nitrogens with zero attached hydrogens (tertiary/aromatic N) is 2. The van der Waals surface area contributed by atoms with Crippen molar-refractivity contribution in [2.24, 2.45) is 0 Å². The first-order valence-corrected chi connectivity index (χ1v) is 10.2. The van der Waals surface area contributed by atoms with E-state index in [4.69, 9.17) is 4.42 Å². The van der Waals surface area contributed by atoms with Crippen LogP contribution in [0.4, 0.5) is 5.69 Å². The van der Waals surface area contributed by atoms with Gasteiger partial charge in [0.05, 0.1) is 5.75 Å². The highest BCUT2D eigenvalue weighted by molar-refractivity contribution is 7.99. The van der Waals surface area contributed by atoms with Gasteiger partial charge in [-0.2, -0.15) is 0 Å². The van der Waals surface area contributed by atoms with Gasteiger partial charge in [0.25, 0.3) is 5.22 Å². The third-order valence-corrected chi connectivity index (χ3v) is 5.38. The summed E-state index contributed by atoms with van der Waals surface area (Å²) >= 11 is 2.86. The molecule has 0 radical (unpaired) electrons. The number of hydrogen-bond donors (Lipinski definition) is 1. The Morgan fingerprint density at radius 1 is 1.12 bits per heavy atom. The van der Waals surface area contributed by atoms with E-state index in [1.165, 1.54) is 22.9 Å². The van der Waals surface area contributed by atoms with Gasteiger partial charge in [-0.25, -0.2) is 0 Å². The topological polar surface area (TPSA) is 68.0 Å². The molecule has 0 aliphatic heterocycles. The smallest absolute Gasteiger partial charge is 0.277 e. The molecule has 26 heavy (non-hydrogen) atoms. The summed E-state index contributed by atoms with van der Waals surface area (Å²) in [6, 6.07) is 13.7. The summed E-state index contributed by atoms with van der Waals surface area (Å²) in [4.78, 5) is 13.2. The molecule has 7 heteroatoms. The van der Waals surface area contributed by atoms with Gasteiger partial charge in [0.2, 0.25) is 11.8 Å². The molecule has 1 aromatic heterocycles. The summed E-state index contributed by atoms with van der Waals surface area (Å²) in [6.45, 7) is 4.10. The number of benzene rings is 2. The molecule has 0 atom stereocenters. The number of amides is 1. The molecule has 1 N–H and O–H groups in total. The molecule has 1 heterocycles. The number of rotatable bonds is 6. The molecule has 1 amide bonds. The number of aromatic nitrogens is 2. The van der Waals surface area contributed by atoms with Gasteiger partial charge in [0.15, 0.2) is 0 Å². The van der Waals surface area contributed by atoms with Crippen molar-refractivity contribution in [1.29, 1.82) is 0 Å². The Labute approximate surface area is 161 Å². The Kier molecular flexibility index (Phi) is 6.00. The summed E-state index contributed by atoms with van der Waals surface area (Å²) in [5.74, 6) is 0.556. The van der Waals surface area contributed by atoms with E-state index in [2.05, 4.69) is 22.4 Å². The molecule has 0 aliphatic rings. The number of carbonyl (C=O) groups excluding carboxylic acids is 1. The quantitative estimate of drug-likeness (QED) is 0.614. The largest absolute Gasteiger partial charge is 0.411 e. The van der Waals surface area contributed by atoms with Crippen molar-refractivity contribution in [1.82, 2.24) is 10.2 Å². The number of thioether (sulfide) groups is 2. The maximum Gasteiger partial charge on any atom is 0.277 e. The van der Waals surface area contributed by atoms with E-state index in [0.29, 0.717) is 11.1 Å². The Morgan fingerprint density at radius 2 is 1.96 bits per heavy atom. The van der Waals surface area contributed by atoms with Crippen LogP contribution in [-0.4, -0.2) is 28.1 Å². The second kappa shape index (κ2) is 8.42. The minimum atomic E-state index is -0.112. The van der Waals surface area contributed by atoms with Crippen molar-refractivity contribution in [3.05, 3.63) is 53.6 Å². The van der Waals surface area contributed by atoms with Crippen LogP contribution in [0.1, 0.15) is 11.1 Å². The monoisotopic (exact) mass is 385 g/mol. The van der Waals surface area contributed by atoms with Crippen LogP contribution < -0.4 is 5.32 Å². The van der Waals surface area contributed by atoms with Crippen LogP contribution in [-0.2, 0) is 4.79 Å². The van der Waals surface area contributed by atoms with Crippen molar-refractivity contribution in [2.45, 2.75) is 24.0 Å². The lowest BCUT2D eigenvalue weighted by Gasteiger charge is -2.05. The first-order valence-electron chi connectivity index (χ1n) is 8.03. The molecule has 0 spiro atoms. The van der Waals surface area contributed by atoms with Crippen LogP contribution in [0.15, 0.2) is 57.0 Å². The zero-order valence-electron chi connectivity index (χ0n) is 14.8. The fourth-order valence-electron chi connectivity index (χ4n) is 2.28. The summed E-state index contributed by atoms with van der Waals surface area (Å²) < 4.78 is 5.66. The van der Waals surface area contributed by atoms with Crippen LogP contribution >= 0.6 is 23.5 Å². The van der Waals surface area contributed by atoms with Gasteiger partial charge in [-0.3, -0.25) is 4.79 Å². The molecular formula is C19H19N3O2S2. The van der Waals surface area contributed by atoms with Gasteiger partial charge in [0, 0.05) is 16.1 Å². The SMILES string of the molecule is CSc1cccc(NC(=O)CSc2nnc(-c3ccc(C)c(C)c3)o2)c1. The molecule has 0 aliphatic carbocycles. The fourth-order valence-corrected chi connectivity index (χ4v) is 3.31. The van der Waals surface area contributed by atoms with E-state index in [9.17, 15) is 4.79 Å². The molecule has 2 aromatic carbocycles. The Morgan fingerprint density at radius 3 is 2.73 bits per heavy atom. The predicted molar refractivity (Wildman–Crippen MR) is 107 cm³/mol. The van der Waals surface area contributed by atoms with E-state index in [-0.39, 0.29) is 11.7 Å². The van der Waals surface area contributed by atoms with Gasteiger partial charge in [-0.1, -0.05) is 23.9 Å². The molecule has 0 saturated carbocycles. The zero-order valence-corrected chi connectivity index (χ0v) is 16.4. The molecule has 0 unspecified atom stereocenters. The number of anilines is 1. The van der Waals surface area contributed by atoms with E-state index in [1.807, 2.05) is 55.6 Å².